The van der Waals surface area contributed by atoms with Crippen LogP contribution in [-0.4, -0.2) is 34.8 Å². The average molecular weight is 448 g/mol. The summed E-state index contributed by atoms with van der Waals surface area (Å²) in [5.41, 5.74) is 0.205. The molecule has 0 radical (unpaired) electrons. The summed E-state index contributed by atoms with van der Waals surface area (Å²) in [5.74, 6) is 1.00. The SMILES string of the molecule is C[C@H](OC(=O)[C@@H](C)SCC(=O)Nc1ccc(F)cc1)C(=O)C12CC3CC(CC(C3)C1)C2. The van der Waals surface area contributed by atoms with Crippen LogP contribution in [0.3, 0.4) is 0 Å². The van der Waals surface area contributed by atoms with E-state index in [-0.39, 0.29) is 28.7 Å². The number of rotatable bonds is 8. The van der Waals surface area contributed by atoms with E-state index in [1.165, 1.54) is 43.5 Å². The van der Waals surface area contributed by atoms with Gasteiger partial charge in [0.1, 0.15) is 11.1 Å². The number of amides is 1. The molecule has 0 aliphatic heterocycles. The smallest absolute Gasteiger partial charge is 0.319 e. The third kappa shape index (κ3) is 4.97. The summed E-state index contributed by atoms with van der Waals surface area (Å²) in [6.45, 7) is 3.37. The molecule has 31 heavy (non-hydrogen) atoms. The first kappa shape index (κ1) is 22.3. The summed E-state index contributed by atoms with van der Waals surface area (Å²) in [5, 5.41) is 2.10. The minimum absolute atomic E-state index is 0.0605. The van der Waals surface area contributed by atoms with Crippen LogP contribution >= 0.6 is 11.8 Å². The Labute approximate surface area is 186 Å². The molecule has 168 valence electrons. The number of carbonyl (C=O) groups excluding carboxylic acids is 3. The number of halogens is 1. The fourth-order valence-electron chi connectivity index (χ4n) is 6.17. The van der Waals surface area contributed by atoms with Crippen molar-refractivity contribution in [2.75, 3.05) is 11.1 Å². The van der Waals surface area contributed by atoms with Crippen LogP contribution in [0.1, 0.15) is 52.4 Å². The number of nitrogens with one attached hydrogen (secondary N) is 1. The van der Waals surface area contributed by atoms with Crippen molar-refractivity contribution in [3.05, 3.63) is 30.1 Å². The van der Waals surface area contributed by atoms with E-state index < -0.39 is 17.3 Å². The molecule has 4 aliphatic rings. The standard InChI is InChI=1S/C24H30FNO4S/c1-14(22(28)24-10-16-7-17(11-24)9-18(8-16)12-24)30-23(29)15(2)31-13-21(27)26-20-5-3-19(25)4-6-20/h3-6,14-18H,7-13H2,1-2H3,(H,26,27)/t14-,15+,16?,17?,18?,24?/m0/s1. The summed E-state index contributed by atoms with van der Waals surface area (Å²) < 4.78 is 18.5. The minimum atomic E-state index is -0.750. The average Bonchev–Trinajstić information content (AvgIpc) is 2.72. The highest BCUT2D eigenvalue weighted by Crippen LogP contribution is 2.60. The van der Waals surface area contributed by atoms with Crippen LogP contribution in [-0.2, 0) is 19.1 Å². The molecule has 0 aromatic heterocycles. The first-order valence-corrected chi connectivity index (χ1v) is 12.2. The van der Waals surface area contributed by atoms with Gasteiger partial charge in [-0.25, -0.2) is 4.39 Å². The molecule has 1 amide bonds. The van der Waals surface area contributed by atoms with Gasteiger partial charge in [0.05, 0.1) is 5.75 Å². The van der Waals surface area contributed by atoms with Crippen molar-refractivity contribution in [1.82, 2.24) is 0 Å². The van der Waals surface area contributed by atoms with Crippen molar-refractivity contribution in [3.8, 4) is 0 Å². The van der Waals surface area contributed by atoms with Gasteiger partial charge >= 0.3 is 5.97 Å². The molecular formula is C24H30FNO4S. The van der Waals surface area contributed by atoms with Gasteiger partial charge in [0.15, 0.2) is 11.9 Å². The van der Waals surface area contributed by atoms with Crippen molar-refractivity contribution < 1.29 is 23.5 Å². The molecule has 0 heterocycles. The quantitative estimate of drug-likeness (QED) is 0.590. The Morgan fingerprint density at radius 1 is 1.06 bits per heavy atom. The Morgan fingerprint density at radius 3 is 2.16 bits per heavy atom. The number of ketones is 1. The minimum Gasteiger partial charge on any atom is -0.454 e. The number of carbonyl (C=O) groups is 3. The zero-order chi connectivity index (χ0) is 22.2. The van der Waals surface area contributed by atoms with E-state index in [0.717, 1.165) is 31.0 Å². The molecular weight excluding hydrogens is 417 g/mol. The lowest BCUT2D eigenvalue weighted by molar-refractivity contribution is -0.164. The van der Waals surface area contributed by atoms with Crippen LogP contribution < -0.4 is 5.32 Å². The predicted molar refractivity (Wildman–Crippen MR) is 118 cm³/mol. The molecule has 0 saturated heterocycles. The molecule has 1 aromatic carbocycles. The molecule has 5 nitrogen and oxygen atoms in total. The van der Waals surface area contributed by atoms with Crippen LogP contribution in [0.4, 0.5) is 10.1 Å². The normalized spacial score (nSPS) is 30.5. The Balaban J connectivity index is 1.25. The third-order valence-corrected chi connectivity index (χ3v) is 8.27. The molecule has 4 fully saturated rings. The highest BCUT2D eigenvalue weighted by molar-refractivity contribution is 8.01. The van der Waals surface area contributed by atoms with Gasteiger partial charge < -0.3 is 10.1 Å². The molecule has 1 N–H and O–H groups in total. The molecule has 4 saturated carbocycles. The number of Topliss-reactive ketones (excluding diaryl/α,β-unsaturated/α-hetero) is 1. The zero-order valence-corrected chi connectivity index (χ0v) is 18.9. The maximum atomic E-state index is 13.3. The number of thioether (sulfide) groups is 1. The maximum Gasteiger partial charge on any atom is 0.319 e. The van der Waals surface area contributed by atoms with Crippen LogP contribution in [0, 0.1) is 29.0 Å². The van der Waals surface area contributed by atoms with Gasteiger partial charge in [-0.05, 0) is 94.4 Å². The lowest BCUT2D eigenvalue weighted by atomic mass is 9.48. The van der Waals surface area contributed by atoms with Gasteiger partial charge in [-0.2, -0.15) is 0 Å². The van der Waals surface area contributed by atoms with E-state index in [1.807, 2.05) is 0 Å². The highest BCUT2D eigenvalue weighted by Gasteiger charge is 2.55. The van der Waals surface area contributed by atoms with Crippen LogP contribution in [0.15, 0.2) is 24.3 Å². The second-order valence-electron chi connectivity index (χ2n) is 9.65. The number of anilines is 1. The fourth-order valence-corrected chi connectivity index (χ4v) is 6.83. The number of ether oxygens (including phenoxy) is 1. The summed E-state index contributed by atoms with van der Waals surface area (Å²) in [6.07, 6.45) is 5.88. The van der Waals surface area contributed by atoms with Crippen molar-refractivity contribution in [2.45, 2.75) is 63.7 Å². The predicted octanol–water partition coefficient (Wildman–Crippen LogP) is 4.60. The lowest BCUT2D eigenvalue weighted by Gasteiger charge is -2.56. The van der Waals surface area contributed by atoms with Gasteiger partial charge in [0, 0.05) is 11.1 Å². The zero-order valence-electron chi connectivity index (χ0n) is 18.1. The molecule has 0 spiro atoms. The first-order valence-electron chi connectivity index (χ1n) is 11.2. The van der Waals surface area contributed by atoms with E-state index in [0.29, 0.717) is 23.4 Å². The van der Waals surface area contributed by atoms with Gasteiger partial charge in [0.2, 0.25) is 5.91 Å². The van der Waals surface area contributed by atoms with E-state index in [9.17, 15) is 18.8 Å². The van der Waals surface area contributed by atoms with E-state index >= 15 is 0 Å². The molecule has 1 aromatic rings. The number of hydrogen-bond acceptors (Lipinski definition) is 5. The molecule has 4 bridgehead atoms. The molecule has 4 aliphatic carbocycles. The molecule has 2 atom stereocenters. The topological polar surface area (TPSA) is 72.5 Å². The Morgan fingerprint density at radius 2 is 1.61 bits per heavy atom. The number of esters is 1. The Kier molecular flexibility index (Phi) is 6.42. The summed E-state index contributed by atoms with van der Waals surface area (Å²) in [6, 6.07) is 5.50. The summed E-state index contributed by atoms with van der Waals surface area (Å²) in [7, 11) is 0. The van der Waals surface area contributed by atoms with Crippen LogP contribution in [0.25, 0.3) is 0 Å². The third-order valence-electron chi connectivity index (χ3n) is 7.15. The lowest BCUT2D eigenvalue weighted by Crippen LogP contribution is -2.53. The van der Waals surface area contributed by atoms with Crippen molar-refractivity contribution in [2.24, 2.45) is 23.2 Å². The molecule has 5 rings (SSSR count). The van der Waals surface area contributed by atoms with Crippen molar-refractivity contribution in [3.63, 3.8) is 0 Å². The Bertz CT molecular complexity index is 820. The highest BCUT2D eigenvalue weighted by atomic mass is 32.2. The molecule has 0 unspecified atom stereocenters. The second kappa shape index (κ2) is 8.93. The van der Waals surface area contributed by atoms with Crippen molar-refractivity contribution in [1.29, 1.82) is 0 Å². The van der Waals surface area contributed by atoms with Crippen LogP contribution in [0.5, 0.6) is 0 Å². The second-order valence-corrected chi connectivity index (χ2v) is 11.0. The monoisotopic (exact) mass is 447 g/mol. The van der Waals surface area contributed by atoms with Gasteiger partial charge in [-0.15, -0.1) is 11.8 Å². The van der Waals surface area contributed by atoms with Gasteiger partial charge in [-0.3, -0.25) is 14.4 Å². The maximum absolute atomic E-state index is 13.3. The fraction of sp³-hybridized carbons (Fsp3) is 0.625. The first-order chi connectivity index (χ1) is 14.7. The van der Waals surface area contributed by atoms with Gasteiger partial charge in [0.25, 0.3) is 0 Å². The number of benzene rings is 1. The van der Waals surface area contributed by atoms with Gasteiger partial charge in [-0.1, -0.05) is 0 Å². The van der Waals surface area contributed by atoms with E-state index in [1.54, 1.807) is 13.8 Å². The van der Waals surface area contributed by atoms with Crippen molar-refractivity contribution >= 4 is 35.1 Å². The summed E-state index contributed by atoms with van der Waals surface area (Å²) >= 11 is 1.16. The summed E-state index contributed by atoms with van der Waals surface area (Å²) in [4.78, 5) is 37.9. The largest absolute Gasteiger partial charge is 0.454 e. The Hall–Kier alpha value is -1.89. The van der Waals surface area contributed by atoms with E-state index in [2.05, 4.69) is 5.32 Å². The molecule has 7 heteroatoms. The number of hydrogen-bond donors (Lipinski definition) is 1. The van der Waals surface area contributed by atoms with Crippen LogP contribution in [0.2, 0.25) is 0 Å². The van der Waals surface area contributed by atoms with E-state index in [4.69, 9.17) is 4.74 Å².